The summed E-state index contributed by atoms with van der Waals surface area (Å²) < 4.78 is 16.8. The minimum absolute atomic E-state index is 0.0621. The third-order valence-electron chi connectivity index (χ3n) is 5.07. The van der Waals surface area contributed by atoms with Crippen molar-refractivity contribution in [2.45, 2.75) is 5.92 Å². The SMILES string of the molecule is C#CCOc1ccc(C2c3ccc4ccccc4c3OC(=N)C2C#N)cc1OC. The van der Waals surface area contributed by atoms with Crippen LogP contribution in [0.1, 0.15) is 17.0 Å². The zero-order chi connectivity index (χ0) is 20.4. The molecule has 0 amide bonds. The quantitative estimate of drug-likeness (QED) is 0.674. The molecule has 5 heteroatoms. The first-order chi connectivity index (χ1) is 14.2. The van der Waals surface area contributed by atoms with E-state index in [1.807, 2.05) is 48.5 Å². The molecule has 0 fully saturated rings. The van der Waals surface area contributed by atoms with Crippen LogP contribution in [0.15, 0.2) is 54.6 Å². The van der Waals surface area contributed by atoms with Gasteiger partial charge in [-0.1, -0.05) is 48.4 Å². The highest BCUT2D eigenvalue weighted by Crippen LogP contribution is 2.46. The van der Waals surface area contributed by atoms with E-state index in [0.717, 1.165) is 21.9 Å². The standard InChI is InChI=1S/C24H18N2O3/c1-3-12-28-20-11-9-16(13-21(20)27-2)22-18-10-8-15-6-4-5-7-17(15)23(18)29-24(26)19(22)14-25/h1,4-11,13,19,22,26H,12H2,2H3. The maximum Gasteiger partial charge on any atom is 0.205 e. The van der Waals surface area contributed by atoms with E-state index in [1.54, 1.807) is 13.2 Å². The Morgan fingerprint density at radius 1 is 1.14 bits per heavy atom. The van der Waals surface area contributed by atoms with Gasteiger partial charge < -0.3 is 14.2 Å². The lowest BCUT2D eigenvalue weighted by Crippen LogP contribution is -2.31. The molecule has 0 aromatic heterocycles. The molecule has 0 spiro atoms. The number of ether oxygens (including phenoxy) is 3. The lowest BCUT2D eigenvalue weighted by atomic mass is 9.78. The zero-order valence-corrected chi connectivity index (χ0v) is 15.8. The van der Waals surface area contributed by atoms with E-state index >= 15 is 0 Å². The highest BCUT2D eigenvalue weighted by molar-refractivity contribution is 5.95. The number of methoxy groups -OCH3 is 1. The van der Waals surface area contributed by atoms with Gasteiger partial charge in [0.15, 0.2) is 11.5 Å². The van der Waals surface area contributed by atoms with E-state index in [0.29, 0.717) is 17.2 Å². The van der Waals surface area contributed by atoms with Gasteiger partial charge in [-0.25, -0.2) is 0 Å². The van der Waals surface area contributed by atoms with Crippen LogP contribution in [0.5, 0.6) is 17.2 Å². The van der Waals surface area contributed by atoms with Crippen molar-refractivity contribution < 1.29 is 14.2 Å². The van der Waals surface area contributed by atoms with Crippen molar-refractivity contribution in [3.63, 3.8) is 0 Å². The Balaban J connectivity index is 1.89. The molecule has 1 aliphatic heterocycles. The third kappa shape index (κ3) is 3.13. The van der Waals surface area contributed by atoms with Crippen LogP contribution in [0.25, 0.3) is 10.8 Å². The Bertz CT molecular complexity index is 1190. The largest absolute Gasteiger partial charge is 0.493 e. The first-order valence-corrected chi connectivity index (χ1v) is 9.09. The van der Waals surface area contributed by atoms with Gasteiger partial charge in [0.2, 0.25) is 5.90 Å². The van der Waals surface area contributed by atoms with Gasteiger partial charge in [-0.05, 0) is 23.1 Å². The highest BCUT2D eigenvalue weighted by Gasteiger charge is 2.38. The minimum atomic E-state index is -0.745. The molecule has 0 radical (unpaired) electrons. The maximum absolute atomic E-state index is 9.78. The number of nitrogens with one attached hydrogen (secondary N) is 1. The van der Waals surface area contributed by atoms with Crippen LogP contribution in [0.2, 0.25) is 0 Å². The number of nitrogens with zero attached hydrogens (tertiary/aromatic N) is 1. The van der Waals surface area contributed by atoms with Crippen LogP contribution >= 0.6 is 0 Å². The molecule has 2 unspecified atom stereocenters. The smallest absolute Gasteiger partial charge is 0.205 e. The highest BCUT2D eigenvalue weighted by atomic mass is 16.5. The van der Waals surface area contributed by atoms with Gasteiger partial charge >= 0.3 is 0 Å². The monoisotopic (exact) mass is 382 g/mol. The normalized spacial score (nSPS) is 17.6. The molecule has 0 saturated carbocycles. The van der Waals surface area contributed by atoms with Crippen molar-refractivity contribution in [3.8, 4) is 35.7 Å². The van der Waals surface area contributed by atoms with Gasteiger partial charge in [0.1, 0.15) is 18.3 Å². The number of nitriles is 1. The van der Waals surface area contributed by atoms with Crippen LogP contribution in [0.4, 0.5) is 0 Å². The van der Waals surface area contributed by atoms with Gasteiger partial charge in [-0.2, -0.15) is 5.26 Å². The van der Waals surface area contributed by atoms with E-state index in [-0.39, 0.29) is 18.4 Å². The lowest BCUT2D eigenvalue weighted by Gasteiger charge is -2.31. The van der Waals surface area contributed by atoms with Crippen LogP contribution < -0.4 is 14.2 Å². The predicted octanol–water partition coefficient (Wildman–Crippen LogP) is 4.50. The molecule has 0 bridgehead atoms. The molecule has 3 aromatic rings. The molecule has 4 rings (SSSR count). The lowest BCUT2D eigenvalue weighted by molar-refractivity contribution is 0.330. The second-order valence-electron chi connectivity index (χ2n) is 6.66. The Hall–Kier alpha value is -3.96. The molecule has 1 aliphatic rings. The van der Waals surface area contributed by atoms with E-state index in [1.165, 1.54) is 0 Å². The Kier molecular flexibility index (Phi) is 4.81. The summed E-state index contributed by atoms with van der Waals surface area (Å²) in [5.41, 5.74) is 1.71. The fourth-order valence-electron chi connectivity index (χ4n) is 3.74. The maximum atomic E-state index is 9.78. The van der Waals surface area contributed by atoms with Gasteiger partial charge in [-0.3, -0.25) is 5.41 Å². The summed E-state index contributed by atoms with van der Waals surface area (Å²) in [6.45, 7) is 0.132. The van der Waals surface area contributed by atoms with E-state index in [2.05, 4.69) is 12.0 Å². The molecule has 142 valence electrons. The van der Waals surface area contributed by atoms with E-state index < -0.39 is 5.92 Å². The Labute approximate surface area is 169 Å². The van der Waals surface area contributed by atoms with Crippen molar-refractivity contribution in [2.24, 2.45) is 5.92 Å². The topological polar surface area (TPSA) is 75.3 Å². The molecule has 2 atom stereocenters. The molecule has 1 heterocycles. The molecule has 29 heavy (non-hydrogen) atoms. The third-order valence-corrected chi connectivity index (χ3v) is 5.07. The second kappa shape index (κ2) is 7.58. The summed E-state index contributed by atoms with van der Waals surface area (Å²) in [6.07, 6.45) is 5.28. The molecule has 0 saturated heterocycles. The first kappa shape index (κ1) is 18.4. The summed E-state index contributed by atoms with van der Waals surface area (Å²) in [6, 6.07) is 19.5. The van der Waals surface area contributed by atoms with E-state index in [9.17, 15) is 5.26 Å². The van der Waals surface area contributed by atoms with Crippen molar-refractivity contribution in [1.29, 1.82) is 10.7 Å². The average molecular weight is 382 g/mol. The number of terminal acetylenes is 1. The average Bonchev–Trinajstić information content (AvgIpc) is 2.76. The summed E-state index contributed by atoms with van der Waals surface area (Å²) in [4.78, 5) is 0. The number of hydrogen-bond acceptors (Lipinski definition) is 5. The van der Waals surface area contributed by atoms with E-state index in [4.69, 9.17) is 26.0 Å². The minimum Gasteiger partial charge on any atom is -0.493 e. The molecule has 5 nitrogen and oxygen atoms in total. The van der Waals surface area contributed by atoms with Crippen LogP contribution in [0.3, 0.4) is 0 Å². The second-order valence-corrected chi connectivity index (χ2v) is 6.66. The van der Waals surface area contributed by atoms with Gasteiger partial charge in [0, 0.05) is 16.9 Å². The molecular weight excluding hydrogens is 364 g/mol. The van der Waals surface area contributed by atoms with Crippen molar-refractivity contribution in [1.82, 2.24) is 0 Å². The number of fused-ring (bicyclic) bond motifs is 3. The van der Waals surface area contributed by atoms with Gasteiger partial charge in [0.25, 0.3) is 0 Å². The predicted molar refractivity (Wildman–Crippen MR) is 111 cm³/mol. The summed E-state index contributed by atoms with van der Waals surface area (Å²) >= 11 is 0. The van der Waals surface area contributed by atoms with Crippen molar-refractivity contribution in [3.05, 3.63) is 65.7 Å². The molecule has 0 aliphatic carbocycles. The fraction of sp³-hybridized carbons (Fsp3) is 0.167. The van der Waals surface area contributed by atoms with Crippen LogP contribution in [-0.4, -0.2) is 19.6 Å². The number of rotatable bonds is 4. The van der Waals surface area contributed by atoms with Crippen LogP contribution in [-0.2, 0) is 0 Å². The fourth-order valence-corrected chi connectivity index (χ4v) is 3.74. The van der Waals surface area contributed by atoms with Crippen LogP contribution in [0, 0.1) is 35.0 Å². The zero-order valence-electron chi connectivity index (χ0n) is 15.8. The number of benzene rings is 3. The number of hydrogen-bond donors (Lipinski definition) is 1. The molecule has 1 N–H and O–H groups in total. The summed E-state index contributed by atoms with van der Waals surface area (Å²) in [7, 11) is 1.55. The van der Waals surface area contributed by atoms with Crippen molar-refractivity contribution >= 4 is 16.7 Å². The molecular formula is C24H18N2O3. The first-order valence-electron chi connectivity index (χ1n) is 9.09. The van der Waals surface area contributed by atoms with Gasteiger partial charge in [0.05, 0.1) is 13.2 Å². The van der Waals surface area contributed by atoms with Gasteiger partial charge in [-0.15, -0.1) is 6.42 Å². The summed E-state index contributed by atoms with van der Waals surface area (Å²) in [5, 5.41) is 20.1. The molecule has 3 aromatic carbocycles. The Morgan fingerprint density at radius 2 is 1.97 bits per heavy atom. The Morgan fingerprint density at radius 3 is 2.72 bits per heavy atom. The van der Waals surface area contributed by atoms with Crippen molar-refractivity contribution in [2.75, 3.05) is 13.7 Å². The summed E-state index contributed by atoms with van der Waals surface area (Å²) in [5.74, 6) is 2.94.